The van der Waals surface area contributed by atoms with Gasteiger partial charge in [-0.05, 0) is 25.8 Å². The van der Waals surface area contributed by atoms with Crippen LogP contribution in [0.4, 0.5) is 8.78 Å². The van der Waals surface area contributed by atoms with E-state index in [0.29, 0.717) is 12.2 Å². The summed E-state index contributed by atoms with van der Waals surface area (Å²) in [4.78, 5) is 11.5. The number of rotatable bonds is 3. The molecular weight excluding hydrogens is 242 g/mol. The molecule has 0 bridgehead atoms. The van der Waals surface area contributed by atoms with E-state index in [1.54, 1.807) is 16.9 Å². The third-order valence-electron chi connectivity index (χ3n) is 3.70. The van der Waals surface area contributed by atoms with Crippen molar-refractivity contribution in [3.63, 3.8) is 0 Å². The van der Waals surface area contributed by atoms with Crippen molar-refractivity contribution in [3.05, 3.63) is 18.0 Å². The molecule has 1 aromatic heterocycles. The normalized spacial score (nSPS) is 21.7. The molecule has 0 aromatic carbocycles. The van der Waals surface area contributed by atoms with Crippen molar-refractivity contribution in [1.82, 2.24) is 9.78 Å². The summed E-state index contributed by atoms with van der Waals surface area (Å²) >= 11 is 0. The summed E-state index contributed by atoms with van der Waals surface area (Å²) < 4.78 is 28.0. The molecule has 4 nitrogen and oxygen atoms in total. The highest BCUT2D eigenvalue weighted by molar-refractivity contribution is 5.80. The summed E-state index contributed by atoms with van der Waals surface area (Å²) in [6, 6.07) is 1.63. The molecule has 18 heavy (non-hydrogen) atoms. The first-order chi connectivity index (χ1) is 8.39. The van der Waals surface area contributed by atoms with Crippen LogP contribution < -0.4 is 0 Å². The molecule has 0 radical (unpaired) electrons. The summed E-state index contributed by atoms with van der Waals surface area (Å²) in [5.41, 5.74) is -0.852. The molecule has 0 saturated heterocycles. The number of halogens is 2. The monoisotopic (exact) mass is 258 g/mol. The molecule has 0 unspecified atom stereocenters. The van der Waals surface area contributed by atoms with Crippen molar-refractivity contribution in [2.45, 2.75) is 50.5 Å². The Labute approximate surface area is 104 Å². The van der Waals surface area contributed by atoms with Crippen molar-refractivity contribution in [2.75, 3.05) is 0 Å². The van der Waals surface area contributed by atoms with E-state index >= 15 is 0 Å². The van der Waals surface area contributed by atoms with Crippen LogP contribution >= 0.6 is 0 Å². The second-order valence-corrected chi connectivity index (χ2v) is 4.80. The van der Waals surface area contributed by atoms with Crippen LogP contribution in [0.15, 0.2) is 12.3 Å². The van der Waals surface area contributed by atoms with Gasteiger partial charge in [-0.3, -0.25) is 9.48 Å². The predicted octanol–water partition coefficient (Wildman–Crippen LogP) is 2.43. The van der Waals surface area contributed by atoms with Crippen LogP contribution in [0.1, 0.15) is 38.3 Å². The van der Waals surface area contributed by atoms with Crippen molar-refractivity contribution in [2.24, 2.45) is 0 Å². The van der Waals surface area contributed by atoms with E-state index in [1.165, 1.54) is 0 Å². The second-order valence-electron chi connectivity index (χ2n) is 4.80. The van der Waals surface area contributed by atoms with E-state index in [9.17, 15) is 18.7 Å². The Balaban J connectivity index is 2.31. The lowest BCUT2D eigenvalue weighted by Gasteiger charge is -2.35. The highest BCUT2D eigenvalue weighted by Crippen LogP contribution is 2.45. The molecule has 1 aliphatic rings. The lowest BCUT2D eigenvalue weighted by Crippen LogP contribution is -2.43. The summed E-state index contributed by atoms with van der Waals surface area (Å²) in [7, 11) is 0. The quantitative estimate of drug-likeness (QED) is 0.906. The van der Waals surface area contributed by atoms with Gasteiger partial charge in [0.25, 0.3) is 0 Å². The molecule has 1 aromatic rings. The lowest BCUT2D eigenvalue weighted by atomic mass is 9.70. The van der Waals surface area contributed by atoms with Crippen molar-refractivity contribution in [3.8, 4) is 0 Å². The molecule has 1 heterocycles. The van der Waals surface area contributed by atoms with Crippen LogP contribution in [0, 0.1) is 0 Å². The van der Waals surface area contributed by atoms with Crippen LogP contribution in [0.3, 0.4) is 0 Å². The van der Waals surface area contributed by atoms with E-state index in [2.05, 4.69) is 5.10 Å². The number of hydrogen-bond acceptors (Lipinski definition) is 2. The maximum Gasteiger partial charge on any atom is 0.315 e. The maximum atomic E-state index is 13.2. The van der Waals surface area contributed by atoms with E-state index in [1.807, 2.05) is 6.92 Å². The Kier molecular flexibility index (Phi) is 3.12. The van der Waals surface area contributed by atoms with Gasteiger partial charge in [0.2, 0.25) is 5.92 Å². The van der Waals surface area contributed by atoms with Crippen LogP contribution in [-0.4, -0.2) is 26.8 Å². The Hall–Kier alpha value is -1.46. The first kappa shape index (κ1) is 13.0. The van der Waals surface area contributed by atoms with Crippen LogP contribution in [0.5, 0.6) is 0 Å². The van der Waals surface area contributed by atoms with Crippen molar-refractivity contribution in [1.29, 1.82) is 0 Å². The van der Waals surface area contributed by atoms with Crippen molar-refractivity contribution >= 4 is 5.97 Å². The highest BCUT2D eigenvalue weighted by atomic mass is 19.3. The van der Waals surface area contributed by atoms with E-state index in [4.69, 9.17) is 0 Å². The summed E-state index contributed by atoms with van der Waals surface area (Å²) in [5, 5.41) is 13.6. The average Bonchev–Trinajstić information content (AvgIpc) is 2.78. The van der Waals surface area contributed by atoms with Crippen LogP contribution in [0.25, 0.3) is 0 Å². The zero-order chi connectivity index (χ0) is 13.4. The third-order valence-corrected chi connectivity index (χ3v) is 3.70. The Morgan fingerprint density at radius 2 is 2.06 bits per heavy atom. The number of hydrogen-bond donors (Lipinski definition) is 1. The Bertz CT molecular complexity index is 447. The number of alkyl halides is 2. The second kappa shape index (κ2) is 4.33. The molecule has 1 saturated carbocycles. The van der Waals surface area contributed by atoms with Gasteiger partial charge < -0.3 is 5.11 Å². The van der Waals surface area contributed by atoms with E-state index < -0.39 is 30.1 Å². The minimum Gasteiger partial charge on any atom is -0.481 e. The molecule has 0 aliphatic heterocycles. The van der Waals surface area contributed by atoms with Gasteiger partial charge in [-0.2, -0.15) is 5.10 Å². The van der Waals surface area contributed by atoms with Gasteiger partial charge in [-0.15, -0.1) is 0 Å². The summed E-state index contributed by atoms with van der Waals surface area (Å²) in [6.07, 6.45) is 0.787. The van der Waals surface area contributed by atoms with Gasteiger partial charge in [0.1, 0.15) is 5.41 Å². The molecular formula is C12H16F2N2O2. The number of carboxylic acid groups (broad SMARTS) is 1. The standard InChI is InChI=1S/C12H16F2N2O2/c1-2-16-8-3-9(15-16)11(10(17)18)4-6-12(13,14)7-5-11/h3,8H,2,4-7H2,1H3,(H,17,18). The topological polar surface area (TPSA) is 55.1 Å². The lowest BCUT2D eigenvalue weighted by molar-refractivity contribution is -0.149. The zero-order valence-corrected chi connectivity index (χ0v) is 10.2. The van der Waals surface area contributed by atoms with Crippen LogP contribution in [0.2, 0.25) is 0 Å². The van der Waals surface area contributed by atoms with Crippen LogP contribution in [-0.2, 0) is 16.8 Å². The van der Waals surface area contributed by atoms with Gasteiger partial charge in [0.05, 0.1) is 5.69 Å². The summed E-state index contributed by atoms with van der Waals surface area (Å²) in [6.45, 7) is 2.52. The minimum atomic E-state index is -2.74. The number of aliphatic carboxylic acids is 1. The molecule has 0 spiro atoms. The molecule has 1 N–H and O–H groups in total. The predicted molar refractivity (Wildman–Crippen MR) is 60.6 cm³/mol. The Morgan fingerprint density at radius 1 is 1.44 bits per heavy atom. The molecule has 0 amide bonds. The summed E-state index contributed by atoms with van der Waals surface area (Å²) in [5.74, 6) is -3.80. The van der Waals surface area contributed by atoms with Gasteiger partial charge in [0.15, 0.2) is 0 Å². The fraction of sp³-hybridized carbons (Fsp3) is 0.667. The first-order valence-electron chi connectivity index (χ1n) is 6.05. The van der Waals surface area contributed by atoms with E-state index in [0.717, 1.165) is 0 Å². The molecule has 0 atom stereocenters. The third kappa shape index (κ3) is 2.11. The van der Waals surface area contributed by atoms with Gasteiger partial charge in [0, 0.05) is 25.6 Å². The van der Waals surface area contributed by atoms with Gasteiger partial charge in [-0.1, -0.05) is 0 Å². The Morgan fingerprint density at radius 3 is 2.50 bits per heavy atom. The molecule has 2 rings (SSSR count). The van der Waals surface area contributed by atoms with Gasteiger partial charge in [-0.25, -0.2) is 8.78 Å². The number of carbonyl (C=O) groups is 1. The number of carboxylic acids is 1. The molecule has 1 fully saturated rings. The van der Waals surface area contributed by atoms with E-state index in [-0.39, 0.29) is 12.8 Å². The largest absolute Gasteiger partial charge is 0.481 e. The van der Waals surface area contributed by atoms with Gasteiger partial charge >= 0.3 is 5.97 Å². The molecule has 100 valence electrons. The highest BCUT2D eigenvalue weighted by Gasteiger charge is 2.50. The minimum absolute atomic E-state index is 0.0595. The smallest absolute Gasteiger partial charge is 0.315 e. The first-order valence-corrected chi connectivity index (χ1v) is 6.05. The number of nitrogens with zero attached hydrogens (tertiary/aromatic N) is 2. The molecule has 1 aliphatic carbocycles. The van der Waals surface area contributed by atoms with Crippen molar-refractivity contribution < 1.29 is 18.7 Å². The molecule has 6 heteroatoms. The zero-order valence-electron chi connectivity index (χ0n) is 10.2. The number of aromatic nitrogens is 2. The maximum absolute atomic E-state index is 13.2. The SMILES string of the molecule is CCn1ccc(C2(C(=O)O)CCC(F)(F)CC2)n1. The number of aryl methyl sites for hydroxylation is 1. The fourth-order valence-corrected chi connectivity index (χ4v) is 2.42. The average molecular weight is 258 g/mol. The fourth-order valence-electron chi connectivity index (χ4n) is 2.42.